The molecule has 0 bridgehead atoms. The van der Waals surface area contributed by atoms with Crippen LogP contribution in [0.15, 0.2) is 237 Å². The van der Waals surface area contributed by atoms with Gasteiger partial charge in [0, 0.05) is 0 Å². The van der Waals surface area contributed by atoms with Crippen LogP contribution in [-0.2, 0) is 21.1 Å². The Kier molecular flexibility index (Phi) is 22.9. The SMILES string of the molecule is Cc1ccccc1OP(Oc1ccccc1C)Oc1ccccc1C.Cc1ccccc1OP(Oc1ccccc1C)Oc1ccccc1C.[Cl][Sn]([O]c1ccccc1)([O]c1ccccc1)[O]c1ccccc1.[Pt+2]. The first-order valence-electron chi connectivity index (χ1n) is 23.4. The van der Waals surface area contributed by atoms with Gasteiger partial charge in [0.2, 0.25) is 0 Å². The molecule has 9 aromatic carbocycles. The molecule has 74 heavy (non-hydrogen) atoms. The molecule has 0 fully saturated rings. The van der Waals surface area contributed by atoms with Crippen LogP contribution in [-0.4, -0.2) is 18.5 Å². The second kappa shape index (κ2) is 29.6. The van der Waals surface area contributed by atoms with Crippen molar-refractivity contribution in [2.24, 2.45) is 0 Å². The fraction of sp³-hybridized carbons (Fsp3) is 0.100. The molecule has 0 saturated heterocycles. The normalized spacial score (nSPS) is 10.5. The summed E-state index contributed by atoms with van der Waals surface area (Å²) in [5.41, 5.74) is 6.23. The van der Waals surface area contributed by atoms with E-state index in [0.29, 0.717) is 17.2 Å². The van der Waals surface area contributed by atoms with Gasteiger partial charge in [-0.15, -0.1) is 0 Å². The fourth-order valence-electron chi connectivity index (χ4n) is 6.50. The summed E-state index contributed by atoms with van der Waals surface area (Å²) in [6, 6.07) is 75.1. The van der Waals surface area contributed by atoms with E-state index in [4.69, 9.17) is 45.3 Å². The maximum absolute atomic E-state index is 6.69. The molecule has 0 saturated carbocycles. The van der Waals surface area contributed by atoms with Crippen LogP contribution in [0, 0.1) is 41.5 Å². The Bertz CT molecular complexity index is 2620. The molecule has 0 radical (unpaired) electrons. The van der Waals surface area contributed by atoms with Gasteiger partial charge in [0.25, 0.3) is 0 Å². The summed E-state index contributed by atoms with van der Waals surface area (Å²) in [5.74, 6) is 6.45. The second-order valence-electron chi connectivity index (χ2n) is 16.3. The summed E-state index contributed by atoms with van der Waals surface area (Å²) in [5, 5.41) is 0. The molecule has 0 aromatic heterocycles. The van der Waals surface area contributed by atoms with Gasteiger partial charge >= 0.3 is 183 Å². The molecule has 0 N–H and O–H groups in total. The number of hydrogen-bond acceptors (Lipinski definition) is 9. The molecule has 9 nitrogen and oxygen atoms in total. The van der Waals surface area contributed by atoms with Crippen molar-refractivity contribution in [2.45, 2.75) is 41.5 Å². The van der Waals surface area contributed by atoms with E-state index in [1.54, 1.807) is 0 Å². The summed E-state index contributed by atoms with van der Waals surface area (Å²) in [6.45, 7) is 12.0. The molecule has 380 valence electrons. The number of hydrogen-bond donors (Lipinski definition) is 0. The predicted octanol–water partition coefficient (Wildman–Crippen LogP) is 17.6. The van der Waals surface area contributed by atoms with E-state index in [-0.39, 0.29) is 21.1 Å². The first kappa shape index (κ1) is 57.1. The van der Waals surface area contributed by atoms with E-state index < -0.39 is 35.7 Å². The zero-order valence-corrected chi connectivity index (χ0v) is 49.5. The van der Waals surface area contributed by atoms with E-state index in [1.807, 2.05) is 278 Å². The van der Waals surface area contributed by atoms with Crippen LogP contribution in [0.2, 0.25) is 0 Å². The largest absolute Gasteiger partial charge is 2.00 e. The molecule has 0 aliphatic carbocycles. The van der Waals surface area contributed by atoms with Crippen LogP contribution in [0.1, 0.15) is 33.4 Å². The summed E-state index contributed by atoms with van der Waals surface area (Å²) in [7, 11) is 3.41. The second-order valence-corrected chi connectivity index (χ2v) is 25.9. The first-order chi connectivity index (χ1) is 35.5. The van der Waals surface area contributed by atoms with E-state index in [1.165, 1.54) is 0 Å². The maximum Gasteiger partial charge on any atom is 2.00 e. The quantitative estimate of drug-likeness (QED) is 0.0616. The minimum absolute atomic E-state index is 0. The topological polar surface area (TPSA) is 83.1 Å². The van der Waals surface area contributed by atoms with Gasteiger partial charge in [-0.2, -0.15) is 0 Å². The zero-order valence-electron chi connectivity index (χ0n) is 41.8. The molecule has 0 spiro atoms. The summed E-state index contributed by atoms with van der Waals surface area (Å²) >= 11 is -4.36. The van der Waals surface area contributed by atoms with Gasteiger partial charge in [0.1, 0.15) is 34.5 Å². The third-order valence-corrected chi connectivity index (χ3v) is 18.3. The zero-order chi connectivity index (χ0) is 51.3. The average molecular weight is 1330 g/mol. The van der Waals surface area contributed by atoms with Crippen molar-refractivity contribution < 1.29 is 57.4 Å². The van der Waals surface area contributed by atoms with Crippen molar-refractivity contribution in [2.75, 3.05) is 0 Å². The van der Waals surface area contributed by atoms with Crippen LogP contribution >= 0.6 is 26.1 Å². The molecule has 0 aliphatic rings. The Morgan fingerprint density at radius 1 is 0.257 bits per heavy atom. The Morgan fingerprint density at radius 2 is 0.419 bits per heavy atom. The summed E-state index contributed by atoms with van der Waals surface area (Å²) in [4.78, 5) is 0. The van der Waals surface area contributed by atoms with Gasteiger partial charge in [-0.25, -0.2) is 0 Å². The Morgan fingerprint density at radius 3 is 0.595 bits per heavy atom. The summed E-state index contributed by atoms with van der Waals surface area (Å²) in [6.07, 6.45) is 0. The fourth-order valence-corrected chi connectivity index (χ4v) is 14.6. The minimum Gasteiger partial charge on any atom is 2.00 e. The Hall–Kier alpha value is -6.18. The molecule has 0 amide bonds. The van der Waals surface area contributed by atoms with Crippen molar-refractivity contribution in [1.82, 2.24) is 0 Å². The summed E-state index contributed by atoms with van der Waals surface area (Å²) < 4.78 is 54.3. The maximum atomic E-state index is 6.69. The minimum atomic E-state index is -4.36. The number of rotatable bonds is 18. The Balaban J connectivity index is 0.000000180. The third kappa shape index (κ3) is 18.3. The van der Waals surface area contributed by atoms with Gasteiger partial charge in [0.05, 0.1) is 0 Å². The molecular weight excluding hydrogens is 1280 g/mol. The molecule has 0 unspecified atom stereocenters. The number of benzene rings is 9. The number of halogens is 1. The van der Waals surface area contributed by atoms with Crippen LogP contribution in [0.3, 0.4) is 0 Å². The third-order valence-electron chi connectivity index (χ3n) is 10.5. The van der Waals surface area contributed by atoms with Crippen molar-refractivity contribution in [3.8, 4) is 51.7 Å². The van der Waals surface area contributed by atoms with Crippen LogP contribution in [0.5, 0.6) is 51.7 Å². The first-order valence-corrected chi connectivity index (χ1v) is 32.7. The number of aryl methyl sites for hydroxylation is 6. The monoisotopic (exact) mass is 1330 g/mol. The van der Waals surface area contributed by atoms with E-state index >= 15 is 0 Å². The van der Waals surface area contributed by atoms with Crippen molar-refractivity contribution in [1.29, 1.82) is 0 Å². The van der Waals surface area contributed by atoms with Crippen LogP contribution in [0.25, 0.3) is 0 Å². The number of para-hydroxylation sites is 9. The van der Waals surface area contributed by atoms with Crippen LogP contribution in [0.4, 0.5) is 0 Å². The predicted molar refractivity (Wildman–Crippen MR) is 297 cm³/mol. The van der Waals surface area contributed by atoms with Crippen molar-refractivity contribution in [3.05, 3.63) is 270 Å². The Labute approximate surface area is 461 Å². The molecule has 0 aliphatic heterocycles. The van der Waals surface area contributed by atoms with Gasteiger partial charge in [-0.05, 0) is 111 Å². The van der Waals surface area contributed by atoms with Gasteiger partial charge in [0.15, 0.2) is 0 Å². The van der Waals surface area contributed by atoms with E-state index in [9.17, 15) is 0 Å². The molecule has 9 rings (SSSR count). The van der Waals surface area contributed by atoms with Crippen LogP contribution < -0.4 is 36.4 Å². The molecular formula is C60H57ClO9P2PtSn+2. The van der Waals surface area contributed by atoms with Gasteiger partial charge < -0.3 is 27.1 Å². The van der Waals surface area contributed by atoms with Crippen molar-refractivity contribution in [3.63, 3.8) is 0 Å². The van der Waals surface area contributed by atoms with Gasteiger partial charge in [-0.3, -0.25) is 0 Å². The molecule has 14 heteroatoms. The standard InChI is InChI=1S/2C21H21O3P.3C6H6O.ClH.Pt.Sn/c2*1-16-10-4-7-13-19(16)22-25(23-20-14-8-5-11-17(20)2)24-21-15-9-6-12-18(21)3;3*7-6-4-2-1-3-5-6;;;/h2*4-15H,1-3H3;3*1-5,7H;1H;;/q;;;;;;+2;+4/p-4. The average Bonchev–Trinajstić information content (AvgIpc) is 3.39. The van der Waals surface area contributed by atoms with Gasteiger partial charge in [-0.1, -0.05) is 109 Å². The molecule has 0 heterocycles. The molecule has 0 atom stereocenters. The van der Waals surface area contributed by atoms with E-state index in [0.717, 1.165) is 67.9 Å². The van der Waals surface area contributed by atoms with Crippen molar-refractivity contribution >= 4 is 44.6 Å². The molecule has 9 aromatic rings. The smallest absolute Gasteiger partial charge is 2.00 e. The van der Waals surface area contributed by atoms with E-state index in [2.05, 4.69) is 0 Å².